The lowest BCUT2D eigenvalue weighted by Gasteiger charge is -2.19. The highest BCUT2D eigenvalue weighted by Gasteiger charge is 2.24. The molecule has 32 heavy (non-hydrogen) atoms. The van der Waals surface area contributed by atoms with Crippen molar-refractivity contribution in [3.63, 3.8) is 0 Å². The molecular weight excluding hydrogens is 424 g/mol. The number of benzene rings is 2. The Labute approximate surface area is 189 Å². The van der Waals surface area contributed by atoms with Gasteiger partial charge < -0.3 is 0 Å². The molecule has 2 aromatic heterocycles. The third-order valence-corrected chi connectivity index (χ3v) is 6.34. The number of aryl methyl sites for hydroxylation is 1. The molecule has 0 aliphatic rings. The zero-order valence-corrected chi connectivity index (χ0v) is 19.5. The van der Waals surface area contributed by atoms with Gasteiger partial charge >= 0.3 is 5.69 Å². The second kappa shape index (κ2) is 8.02. The molecule has 8 heteroatoms. The van der Waals surface area contributed by atoms with Gasteiger partial charge in [-0.2, -0.15) is 0 Å². The number of rotatable bonds is 4. The number of carbonyl (C=O) groups is 1. The summed E-state index contributed by atoms with van der Waals surface area (Å²) in [6.07, 6.45) is 0. The van der Waals surface area contributed by atoms with Crippen LogP contribution >= 0.6 is 11.8 Å². The van der Waals surface area contributed by atoms with Crippen LogP contribution in [0.4, 0.5) is 0 Å². The molecule has 0 fully saturated rings. The van der Waals surface area contributed by atoms with Crippen LogP contribution in [-0.4, -0.2) is 30.6 Å². The molecule has 0 radical (unpaired) electrons. The van der Waals surface area contributed by atoms with Crippen molar-refractivity contribution in [3.05, 3.63) is 74.7 Å². The van der Waals surface area contributed by atoms with Gasteiger partial charge in [0, 0.05) is 25.1 Å². The highest BCUT2D eigenvalue weighted by molar-refractivity contribution is 8.00. The molecule has 0 N–H and O–H groups in total. The van der Waals surface area contributed by atoms with Crippen molar-refractivity contribution in [1.82, 2.24) is 19.1 Å². The van der Waals surface area contributed by atoms with E-state index in [-0.39, 0.29) is 22.6 Å². The van der Waals surface area contributed by atoms with E-state index in [1.165, 1.54) is 23.4 Å². The van der Waals surface area contributed by atoms with Gasteiger partial charge in [0.05, 0.1) is 5.75 Å². The predicted molar refractivity (Wildman–Crippen MR) is 128 cm³/mol. The molecule has 4 rings (SSSR count). The van der Waals surface area contributed by atoms with Crippen LogP contribution in [0.3, 0.4) is 0 Å². The van der Waals surface area contributed by atoms with Crippen molar-refractivity contribution in [2.75, 3.05) is 5.75 Å². The fourth-order valence-electron chi connectivity index (χ4n) is 3.55. The molecule has 4 aromatic rings. The molecule has 0 saturated heterocycles. The molecule has 2 aromatic carbocycles. The van der Waals surface area contributed by atoms with Crippen molar-refractivity contribution in [1.29, 1.82) is 0 Å². The second-order valence-corrected chi connectivity index (χ2v) is 9.71. The zero-order valence-electron chi connectivity index (χ0n) is 18.7. The fraction of sp³-hybridized carbons (Fsp3) is 0.292. The van der Waals surface area contributed by atoms with Gasteiger partial charge in [-0.25, -0.2) is 14.8 Å². The number of aromatic nitrogens is 4. The molecule has 7 nitrogen and oxygen atoms in total. The van der Waals surface area contributed by atoms with Gasteiger partial charge in [-0.3, -0.25) is 18.7 Å². The number of fused-ring (bicyclic) bond motifs is 2. The Hall–Kier alpha value is -3.26. The minimum absolute atomic E-state index is 0.0579. The Morgan fingerprint density at radius 1 is 0.969 bits per heavy atom. The molecule has 0 aliphatic heterocycles. The van der Waals surface area contributed by atoms with E-state index in [2.05, 4.69) is 9.97 Å². The summed E-state index contributed by atoms with van der Waals surface area (Å²) in [4.78, 5) is 47.7. The van der Waals surface area contributed by atoms with Crippen molar-refractivity contribution >= 4 is 39.4 Å². The Bertz CT molecular complexity index is 1490. The summed E-state index contributed by atoms with van der Waals surface area (Å²) >= 11 is 1.20. The quantitative estimate of drug-likeness (QED) is 0.270. The predicted octanol–water partition coefficient (Wildman–Crippen LogP) is 3.45. The highest BCUT2D eigenvalue weighted by atomic mass is 32.2. The van der Waals surface area contributed by atoms with Crippen LogP contribution in [0.1, 0.15) is 37.0 Å². The Morgan fingerprint density at radius 2 is 1.66 bits per heavy atom. The standard InChI is InChI=1S/C24H24N4O3S/c1-24(2,3)22-25-19-18(21(30)28(5)23(31)27(19)4)20(26-22)32-13-17(29)16-12-8-10-14-9-6-7-11-15(14)16/h6-12H,13H2,1-5H3. The van der Waals surface area contributed by atoms with Crippen LogP contribution in [0.15, 0.2) is 57.1 Å². The average Bonchev–Trinajstić information content (AvgIpc) is 2.78. The maximum Gasteiger partial charge on any atom is 0.332 e. The number of nitrogens with zero attached hydrogens (tertiary/aromatic N) is 4. The first kappa shape index (κ1) is 22.0. The largest absolute Gasteiger partial charge is 0.332 e. The Morgan fingerprint density at radius 3 is 2.38 bits per heavy atom. The van der Waals surface area contributed by atoms with Gasteiger partial charge in [-0.15, -0.1) is 0 Å². The van der Waals surface area contributed by atoms with E-state index < -0.39 is 16.7 Å². The monoisotopic (exact) mass is 448 g/mol. The van der Waals surface area contributed by atoms with E-state index in [4.69, 9.17) is 0 Å². The molecule has 0 unspecified atom stereocenters. The molecule has 0 spiro atoms. The maximum atomic E-state index is 13.1. The lowest BCUT2D eigenvalue weighted by Crippen LogP contribution is -2.38. The van der Waals surface area contributed by atoms with Crippen molar-refractivity contribution in [3.8, 4) is 0 Å². The summed E-state index contributed by atoms with van der Waals surface area (Å²) in [6.45, 7) is 5.88. The number of ketones is 1. The van der Waals surface area contributed by atoms with Crippen LogP contribution in [0.5, 0.6) is 0 Å². The fourth-order valence-corrected chi connectivity index (χ4v) is 4.45. The normalized spacial score (nSPS) is 11.9. The maximum absolute atomic E-state index is 13.1. The smallest absolute Gasteiger partial charge is 0.293 e. The second-order valence-electron chi connectivity index (χ2n) is 8.75. The Kier molecular flexibility index (Phi) is 5.50. The van der Waals surface area contributed by atoms with Crippen molar-refractivity contribution in [2.45, 2.75) is 31.2 Å². The molecule has 0 bridgehead atoms. The third kappa shape index (κ3) is 3.75. The first-order valence-corrected chi connectivity index (χ1v) is 11.2. The highest BCUT2D eigenvalue weighted by Crippen LogP contribution is 2.28. The third-order valence-electron chi connectivity index (χ3n) is 5.37. The topological polar surface area (TPSA) is 86.8 Å². The van der Waals surface area contributed by atoms with Crippen LogP contribution < -0.4 is 11.2 Å². The number of hydrogen-bond acceptors (Lipinski definition) is 6. The van der Waals surface area contributed by atoms with E-state index in [9.17, 15) is 14.4 Å². The molecule has 164 valence electrons. The summed E-state index contributed by atoms with van der Waals surface area (Å²) in [6, 6.07) is 13.4. The van der Waals surface area contributed by atoms with Crippen LogP contribution in [0, 0.1) is 0 Å². The molecule has 0 amide bonds. The van der Waals surface area contributed by atoms with E-state index in [0.717, 1.165) is 15.3 Å². The summed E-state index contributed by atoms with van der Waals surface area (Å²) in [5.41, 5.74) is -0.420. The first-order chi connectivity index (χ1) is 15.1. The first-order valence-electron chi connectivity index (χ1n) is 10.2. The SMILES string of the molecule is Cn1c(=O)c2c(SCC(=O)c3cccc4ccccc34)nc(C(C)(C)C)nc2n(C)c1=O. The van der Waals surface area contributed by atoms with Crippen LogP contribution in [0.2, 0.25) is 0 Å². The number of hydrogen-bond donors (Lipinski definition) is 0. The number of carbonyl (C=O) groups excluding carboxylic acids is 1. The van der Waals surface area contributed by atoms with E-state index in [0.29, 0.717) is 16.4 Å². The van der Waals surface area contributed by atoms with E-state index >= 15 is 0 Å². The minimum Gasteiger partial charge on any atom is -0.293 e. The summed E-state index contributed by atoms with van der Waals surface area (Å²) in [7, 11) is 3.01. The summed E-state index contributed by atoms with van der Waals surface area (Å²) in [5.74, 6) is 0.557. The summed E-state index contributed by atoms with van der Waals surface area (Å²) < 4.78 is 2.39. The van der Waals surface area contributed by atoms with Gasteiger partial charge in [0.1, 0.15) is 16.2 Å². The molecular formula is C24H24N4O3S. The Balaban J connectivity index is 1.82. The van der Waals surface area contributed by atoms with Crippen molar-refractivity contribution < 1.29 is 4.79 Å². The van der Waals surface area contributed by atoms with Gasteiger partial charge in [-0.05, 0) is 10.8 Å². The zero-order chi connectivity index (χ0) is 23.2. The molecule has 0 saturated carbocycles. The summed E-state index contributed by atoms with van der Waals surface area (Å²) in [5, 5.41) is 2.54. The van der Waals surface area contributed by atoms with E-state index in [1.54, 1.807) is 7.05 Å². The lowest BCUT2D eigenvalue weighted by atomic mass is 9.96. The van der Waals surface area contributed by atoms with Crippen LogP contribution in [0.25, 0.3) is 21.8 Å². The molecule has 0 atom stereocenters. The van der Waals surface area contributed by atoms with Crippen LogP contribution in [-0.2, 0) is 19.5 Å². The van der Waals surface area contributed by atoms with Gasteiger partial charge in [0.2, 0.25) is 0 Å². The number of Topliss-reactive ketones (excluding diaryl/α,β-unsaturated/α-hetero) is 1. The molecule has 2 heterocycles. The van der Waals surface area contributed by atoms with Gasteiger partial charge in [0.15, 0.2) is 11.4 Å². The lowest BCUT2D eigenvalue weighted by molar-refractivity contribution is 0.102. The molecule has 0 aliphatic carbocycles. The average molecular weight is 449 g/mol. The van der Waals surface area contributed by atoms with Gasteiger partial charge in [-0.1, -0.05) is 75.0 Å². The minimum atomic E-state index is -0.469. The van der Waals surface area contributed by atoms with Crippen molar-refractivity contribution in [2.24, 2.45) is 14.1 Å². The van der Waals surface area contributed by atoms with Gasteiger partial charge in [0.25, 0.3) is 5.56 Å². The number of thioether (sulfide) groups is 1. The van der Waals surface area contributed by atoms with E-state index in [1.807, 2.05) is 63.2 Å².